The molecule has 67 heavy (non-hydrogen) atoms. The van der Waals surface area contributed by atoms with Crippen LogP contribution in [0.2, 0.25) is 0 Å². The van der Waals surface area contributed by atoms with Gasteiger partial charge in [-0.15, -0.1) is 0 Å². The van der Waals surface area contributed by atoms with Crippen molar-refractivity contribution in [3.8, 4) is 34.5 Å². The summed E-state index contributed by atoms with van der Waals surface area (Å²) in [6.07, 6.45) is -15.1. The van der Waals surface area contributed by atoms with Crippen molar-refractivity contribution in [3.05, 3.63) is 65.2 Å². The van der Waals surface area contributed by atoms with E-state index in [9.17, 15) is 39.9 Å². The number of amides is 1. The van der Waals surface area contributed by atoms with E-state index in [1.165, 1.54) is 33.4 Å². The molecule has 22 heteroatoms. The van der Waals surface area contributed by atoms with Gasteiger partial charge in [-0.25, -0.2) is 9.59 Å². The third-order valence-corrected chi connectivity index (χ3v) is 13.1. The summed E-state index contributed by atoms with van der Waals surface area (Å²) in [6.45, 7) is 1.88. The standard InChI is InChI=1S/C45H52N2O20/c1-18-58-16-29-39(62-18)33(48)32(46(2)3)43(64-29)65-37-21-14-26-25(60-17-61-26)13-20(21)30(31-22(37)15-59-42(31)54)19-11-27(56-5)38(28(12-19)57-6)67-45(55)47(4)23-9-7-8-10-24(23)63-44-36(51)34(49)35(50)40(66-44)41(52)53/h7-14,18,22,29-37,39-40,43-44,48-51H,15-17H2,1-6H3,(H,52,53)/t18?,22-,29?,30+,31-,32-,33?,34?,35-,36-,37?,39+,40?,43?,44+/m0/s1. The van der Waals surface area contributed by atoms with Crippen LogP contribution in [0.15, 0.2) is 48.5 Å². The zero-order chi connectivity index (χ0) is 47.6. The SMILES string of the molecule is COc1cc([C@@H]2c3cc4c(cc3C(OC3OC5COC(C)O[C@H]5C(O)[C@@H]3N(C)C)[C@H]3COC(=O)[C@H]23)OCO4)cc(OC)c1OC(=O)N(C)c1ccccc1O[C@@H]1OC(C(=O)O)[C@@H](O)C(O)[C@@H]1O. The minimum Gasteiger partial charge on any atom is -0.493 e. The molecule has 0 spiro atoms. The van der Waals surface area contributed by atoms with Crippen LogP contribution in [0.4, 0.5) is 10.5 Å². The van der Waals surface area contributed by atoms with Crippen molar-refractivity contribution < 1.29 is 96.8 Å². The molecule has 4 fully saturated rings. The summed E-state index contributed by atoms with van der Waals surface area (Å²) in [6, 6.07) is 12.2. The molecule has 5 N–H and O–H groups in total. The van der Waals surface area contributed by atoms with Gasteiger partial charge in [0.1, 0.15) is 42.4 Å². The Balaban J connectivity index is 1.03. The monoisotopic (exact) mass is 940 g/mol. The molecule has 362 valence electrons. The number of carbonyl (C=O) groups is 3. The lowest BCUT2D eigenvalue weighted by molar-refractivity contribution is -0.354. The smallest absolute Gasteiger partial charge is 0.419 e. The third kappa shape index (κ3) is 8.34. The highest BCUT2D eigenvalue weighted by molar-refractivity contribution is 5.91. The van der Waals surface area contributed by atoms with Gasteiger partial charge in [0.25, 0.3) is 0 Å². The molecule has 3 aromatic rings. The number of rotatable bonds is 11. The molecule has 15 atom stereocenters. The number of esters is 1. The zero-order valence-electron chi connectivity index (χ0n) is 37.2. The number of carboxylic acids is 1. The summed E-state index contributed by atoms with van der Waals surface area (Å²) in [7, 11) is 7.69. The summed E-state index contributed by atoms with van der Waals surface area (Å²) in [5, 5.41) is 52.3. The number of aliphatic hydroxyl groups excluding tert-OH is 4. The molecule has 7 unspecified atom stereocenters. The van der Waals surface area contributed by atoms with Gasteiger partial charge in [0.15, 0.2) is 41.7 Å². The number of methoxy groups -OCH3 is 2. The second-order valence-corrected chi connectivity index (χ2v) is 17.2. The van der Waals surface area contributed by atoms with Crippen LogP contribution in [-0.2, 0) is 38.0 Å². The van der Waals surface area contributed by atoms with E-state index >= 15 is 0 Å². The van der Waals surface area contributed by atoms with Crippen LogP contribution in [0, 0.1) is 11.8 Å². The van der Waals surface area contributed by atoms with Crippen LogP contribution >= 0.6 is 0 Å². The fraction of sp³-hybridized carbons (Fsp3) is 0.533. The molecule has 3 aromatic carbocycles. The lowest BCUT2D eigenvalue weighted by atomic mass is 9.66. The van der Waals surface area contributed by atoms with E-state index in [-0.39, 0.29) is 48.7 Å². The molecule has 0 saturated carbocycles. The van der Waals surface area contributed by atoms with Gasteiger partial charge in [-0.05, 0) is 74.1 Å². The highest BCUT2D eigenvalue weighted by atomic mass is 16.8. The highest BCUT2D eigenvalue weighted by Gasteiger charge is 2.57. The first kappa shape index (κ1) is 46.6. The Hall–Kier alpha value is -5.53. The normalized spacial score (nSPS) is 34.0. The molecule has 0 radical (unpaired) electrons. The highest BCUT2D eigenvalue weighted by Crippen LogP contribution is 2.57. The number of nitrogens with zero attached hydrogens (tertiary/aromatic N) is 2. The van der Waals surface area contributed by atoms with Crippen molar-refractivity contribution in [2.75, 3.05) is 60.3 Å². The lowest BCUT2D eigenvalue weighted by Gasteiger charge is -2.50. The molecule has 0 bridgehead atoms. The van der Waals surface area contributed by atoms with E-state index in [1.807, 2.05) is 6.07 Å². The second kappa shape index (κ2) is 18.5. The van der Waals surface area contributed by atoms with Gasteiger partial charge in [-0.3, -0.25) is 14.6 Å². The van der Waals surface area contributed by atoms with Crippen molar-refractivity contribution >= 4 is 23.7 Å². The number of cyclic esters (lactones) is 1. The van der Waals surface area contributed by atoms with Crippen LogP contribution in [-0.4, -0.2) is 171 Å². The van der Waals surface area contributed by atoms with Gasteiger partial charge in [0.05, 0.1) is 51.2 Å². The van der Waals surface area contributed by atoms with Crippen molar-refractivity contribution in [2.45, 2.75) is 86.6 Å². The molecule has 5 aliphatic heterocycles. The van der Waals surface area contributed by atoms with Crippen molar-refractivity contribution in [1.29, 1.82) is 0 Å². The maximum absolute atomic E-state index is 14.0. The number of carbonyl (C=O) groups excluding carboxylic acids is 2. The molecule has 9 rings (SSSR count). The summed E-state index contributed by atoms with van der Waals surface area (Å²) < 4.78 is 71.2. The average molecular weight is 941 g/mol. The maximum Gasteiger partial charge on any atom is 0.419 e. The Morgan fingerprint density at radius 3 is 2.13 bits per heavy atom. The Morgan fingerprint density at radius 2 is 1.46 bits per heavy atom. The van der Waals surface area contributed by atoms with E-state index in [2.05, 4.69) is 0 Å². The molecule has 5 heterocycles. The number of ether oxygens (including phenoxy) is 12. The molecular weight excluding hydrogens is 888 g/mol. The quantitative estimate of drug-likeness (QED) is 0.169. The fourth-order valence-corrected chi connectivity index (χ4v) is 9.73. The van der Waals surface area contributed by atoms with Gasteiger partial charge in [0.2, 0.25) is 18.8 Å². The van der Waals surface area contributed by atoms with Gasteiger partial charge >= 0.3 is 18.0 Å². The van der Waals surface area contributed by atoms with Gasteiger partial charge < -0.3 is 82.4 Å². The van der Waals surface area contributed by atoms with Gasteiger partial charge in [-0.2, -0.15) is 0 Å². The van der Waals surface area contributed by atoms with E-state index in [0.717, 1.165) is 4.90 Å². The Bertz CT molecular complexity index is 2340. The van der Waals surface area contributed by atoms with E-state index in [1.54, 1.807) is 56.3 Å². The predicted molar refractivity (Wildman–Crippen MR) is 224 cm³/mol. The van der Waals surface area contributed by atoms with Crippen molar-refractivity contribution in [2.24, 2.45) is 11.8 Å². The number of carboxylic acid groups (broad SMARTS) is 1. The molecule has 4 saturated heterocycles. The minimum atomic E-state index is -1.94. The van der Waals surface area contributed by atoms with Gasteiger partial charge in [0, 0.05) is 18.9 Å². The summed E-state index contributed by atoms with van der Waals surface area (Å²) >= 11 is 0. The largest absolute Gasteiger partial charge is 0.493 e. The van der Waals surface area contributed by atoms with Crippen LogP contribution < -0.4 is 33.3 Å². The Labute approximate surface area is 383 Å². The number of aliphatic hydroxyl groups is 4. The number of aliphatic carboxylic acids is 1. The van der Waals surface area contributed by atoms with Crippen LogP contribution in [0.5, 0.6) is 34.5 Å². The van der Waals surface area contributed by atoms with E-state index < -0.39 is 110 Å². The topological polar surface area (TPSA) is 270 Å². The summed E-state index contributed by atoms with van der Waals surface area (Å²) in [5.41, 5.74) is 1.89. The Morgan fingerprint density at radius 1 is 0.776 bits per heavy atom. The zero-order valence-corrected chi connectivity index (χ0v) is 37.2. The van der Waals surface area contributed by atoms with Gasteiger partial charge in [-0.1, -0.05) is 12.1 Å². The molecule has 0 aromatic heterocycles. The Kier molecular flexibility index (Phi) is 12.9. The van der Waals surface area contributed by atoms with E-state index in [4.69, 9.17) is 56.8 Å². The maximum atomic E-state index is 14.0. The molecule has 6 aliphatic rings. The second-order valence-electron chi connectivity index (χ2n) is 17.2. The molecular formula is C45H52N2O20. The molecule has 1 aliphatic carbocycles. The lowest BCUT2D eigenvalue weighted by Crippen LogP contribution is -2.66. The minimum absolute atomic E-state index is 0.00770. The number of anilines is 1. The number of hydrogen-bond acceptors (Lipinski definition) is 20. The number of hydrogen-bond donors (Lipinski definition) is 5. The van der Waals surface area contributed by atoms with Crippen LogP contribution in [0.25, 0.3) is 0 Å². The van der Waals surface area contributed by atoms with Crippen molar-refractivity contribution in [3.63, 3.8) is 0 Å². The summed E-state index contributed by atoms with van der Waals surface area (Å²) in [5.74, 6) is -3.45. The fourth-order valence-electron chi connectivity index (χ4n) is 9.73. The molecule has 22 nitrogen and oxygen atoms in total. The average Bonchev–Trinajstić information content (AvgIpc) is 3.94. The first-order valence-electron chi connectivity index (χ1n) is 21.5. The summed E-state index contributed by atoms with van der Waals surface area (Å²) in [4.78, 5) is 42.6. The van der Waals surface area contributed by atoms with Crippen molar-refractivity contribution in [1.82, 2.24) is 4.90 Å². The van der Waals surface area contributed by atoms with E-state index in [0.29, 0.717) is 28.2 Å². The first-order valence-corrected chi connectivity index (χ1v) is 21.5. The number of para-hydroxylation sites is 2. The van der Waals surface area contributed by atoms with Crippen LogP contribution in [0.3, 0.4) is 0 Å². The first-order chi connectivity index (χ1) is 32.1. The number of fused-ring (bicyclic) bond motifs is 4. The predicted octanol–water partition coefficient (Wildman–Crippen LogP) is 1.11. The van der Waals surface area contributed by atoms with Crippen LogP contribution in [0.1, 0.15) is 35.6 Å². The number of likely N-dealkylation sites (N-methyl/N-ethyl adjacent to an activating group) is 1. The molecule has 1 amide bonds. The number of benzene rings is 3. The third-order valence-electron chi connectivity index (χ3n) is 13.1.